The number of hydrazone groups is 1. The predicted molar refractivity (Wildman–Crippen MR) is 108 cm³/mol. The molecule has 0 radical (unpaired) electrons. The molecule has 0 saturated carbocycles. The van der Waals surface area contributed by atoms with E-state index in [1.807, 2.05) is 0 Å². The number of hydrogen-bond donors (Lipinski definition) is 1. The molecule has 0 aliphatic carbocycles. The summed E-state index contributed by atoms with van der Waals surface area (Å²) in [5.74, 6) is 1.31. The number of amides is 1. The Bertz CT molecular complexity index is 992. The Labute approximate surface area is 174 Å². The Morgan fingerprint density at radius 1 is 1.21 bits per heavy atom. The number of carbonyl (C=O) groups excluding carboxylic acids is 1. The van der Waals surface area contributed by atoms with Crippen molar-refractivity contribution in [3.05, 3.63) is 52.8 Å². The molecule has 10 nitrogen and oxygen atoms in total. The van der Waals surface area contributed by atoms with Crippen LogP contribution in [0.5, 0.6) is 17.2 Å². The molecule has 29 heavy (non-hydrogen) atoms. The molecule has 0 aliphatic rings. The first kappa shape index (κ1) is 20.3. The van der Waals surface area contributed by atoms with Gasteiger partial charge in [-0.15, -0.1) is 5.10 Å². The van der Waals surface area contributed by atoms with Crippen LogP contribution in [0.25, 0.3) is 5.69 Å². The van der Waals surface area contributed by atoms with E-state index in [-0.39, 0.29) is 6.61 Å². The van der Waals surface area contributed by atoms with Gasteiger partial charge in [0.2, 0.25) is 0 Å². The van der Waals surface area contributed by atoms with Crippen LogP contribution in [0.15, 0.2) is 52.3 Å². The molecule has 1 N–H and O–H groups in total. The third kappa shape index (κ3) is 5.29. The van der Waals surface area contributed by atoms with Gasteiger partial charge in [0.1, 0.15) is 23.6 Å². The van der Waals surface area contributed by atoms with Crippen molar-refractivity contribution < 1.29 is 19.0 Å². The molecule has 150 valence electrons. The standard InChI is InChI=1S/C18H17BrN6O4/c1-27-16-8-17(28-2)15(19)7-12(16)9-20-22-18(26)10-29-14-5-3-13(4-6-14)25-11-21-23-24-25/h3-9,11H,10H2,1-2H3,(H,22,26)/b20-9-. The zero-order chi connectivity index (χ0) is 20.6. The summed E-state index contributed by atoms with van der Waals surface area (Å²) < 4.78 is 18.2. The summed E-state index contributed by atoms with van der Waals surface area (Å²) in [6.07, 6.45) is 2.96. The Balaban J connectivity index is 1.53. The van der Waals surface area contributed by atoms with Crippen molar-refractivity contribution in [2.45, 2.75) is 0 Å². The summed E-state index contributed by atoms with van der Waals surface area (Å²) in [6.45, 7) is -0.189. The monoisotopic (exact) mass is 460 g/mol. The van der Waals surface area contributed by atoms with E-state index in [4.69, 9.17) is 14.2 Å². The van der Waals surface area contributed by atoms with Gasteiger partial charge in [0.25, 0.3) is 5.91 Å². The summed E-state index contributed by atoms with van der Waals surface area (Å²) >= 11 is 3.40. The van der Waals surface area contributed by atoms with Crippen LogP contribution >= 0.6 is 15.9 Å². The van der Waals surface area contributed by atoms with E-state index in [2.05, 4.69) is 42.0 Å². The molecule has 1 heterocycles. The van der Waals surface area contributed by atoms with Gasteiger partial charge >= 0.3 is 0 Å². The number of halogens is 1. The van der Waals surface area contributed by atoms with Crippen LogP contribution in [0, 0.1) is 0 Å². The van der Waals surface area contributed by atoms with Crippen LogP contribution in [-0.4, -0.2) is 53.2 Å². The van der Waals surface area contributed by atoms with Gasteiger partial charge in [-0.2, -0.15) is 5.10 Å². The fourth-order valence-electron chi connectivity index (χ4n) is 2.31. The van der Waals surface area contributed by atoms with E-state index >= 15 is 0 Å². The molecule has 1 amide bonds. The summed E-state index contributed by atoms with van der Waals surface area (Å²) in [6, 6.07) is 10.5. The lowest BCUT2D eigenvalue weighted by atomic mass is 10.2. The zero-order valence-corrected chi connectivity index (χ0v) is 17.2. The molecular formula is C18H17BrN6O4. The highest BCUT2D eigenvalue weighted by atomic mass is 79.9. The molecule has 0 bridgehead atoms. The number of benzene rings is 2. The average molecular weight is 461 g/mol. The Morgan fingerprint density at radius 2 is 1.97 bits per heavy atom. The number of rotatable bonds is 8. The largest absolute Gasteiger partial charge is 0.496 e. The lowest BCUT2D eigenvalue weighted by Crippen LogP contribution is -2.24. The SMILES string of the molecule is COc1cc(OC)c(/C=N\NC(=O)COc2ccc(-n3cnnn3)cc2)cc1Br. The molecule has 3 rings (SSSR count). The first-order valence-corrected chi connectivity index (χ1v) is 9.09. The minimum Gasteiger partial charge on any atom is -0.496 e. The van der Waals surface area contributed by atoms with E-state index in [1.54, 1.807) is 43.5 Å². The second-order valence-electron chi connectivity index (χ2n) is 5.56. The van der Waals surface area contributed by atoms with Gasteiger partial charge in [-0.05, 0) is 56.7 Å². The van der Waals surface area contributed by atoms with Crippen molar-refractivity contribution in [3.63, 3.8) is 0 Å². The van der Waals surface area contributed by atoms with Gasteiger partial charge in [-0.1, -0.05) is 0 Å². The molecule has 0 saturated heterocycles. The van der Waals surface area contributed by atoms with Crippen LogP contribution in [0.3, 0.4) is 0 Å². The van der Waals surface area contributed by atoms with Crippen LogP contribution in [0.1, 0.15) is 5.56 Å². The van der Waals surface area contributed by atoms with Crippen LogP contribution < -0.4 is 19.6 Å². The minimum absolute atomic E-state index is 0.189. The highest BCUT2D eigenvalue weighted by molar-refractivity contribution is 9.10. The first-order valence-electron chi connectivity index (χ1n) is 8.30. The number of tetrazole rings is 1. The molecule has 0 atom stereocenters. The molecule has 0 fully saturated rings. The predicted octanol–water partition coefficient (Wildman–Crippen LogP) is 1.97. The normalized spacial score (nSPS) is 10.7. The lowest BCUT2D eigenvalue weighted by molar-refractivity contribution is -0.123. The fraction of sp³-hybridized carbons (Fsp3) is 0.167. The lowest BCUT2D eigenvalue weighted by Gasteiger charge is -2.09. The summed E-state index contributed by atoms with van der Waals surface area (Å²) in [5, 5.41) is 14.9. The number of ether oxygens (including phenoxy) is 3. The van der Waals surface area contributed by atoms with Crippen molar-refractivity contribution in [2.75, 3.05) is 20.8 Å². The molecule has 1 aromatic heterocycles. The molecule has 0 unspecified atom stereocenters. The molecular weight excluding hydrogens is 444 g/mol. The van der Waals surface area contributed by atoms with Gasteiger partial charge in [0, 0.05) is 11.6 Å². The number of aromatic nitrogens is 4. The Morgan fingerprint density at radius 3 is 2.62 bits per heavy atom. The van der Waals surface area contributed by atoms with Crippen molar-refractivity contribution in [3.8, 4) is 22.9 Å². The number of nitrogens with zero attached hydrogens (tertiary/aromatic N) is 5. The van der Waals surface area contributed by atoms with Gasteiger partial charge in [0.05, 0.1) is 30.6 Å². The molecule has 0 aliphatic heterocycles. The summed E-state index contributed by atoms with van der Waals surface area (Å²) in [5.41, 5.74) is 3.85. The second kappa shape index (κ2) is 9.64. The topological polar surface area (TPSA) is 113 Å². The van der Waals surface area contributed by atoms with Gasteiger partial charge < -0.3 is 14.2 Å². The fourth-order valence-corrected chi connectivity index (χ4v) is 2.84. The van der Waals surface area contributed by atoms with E-state index in [9.17, 15) is 4.79 Å². The second-order valence-corrected chi connectivity index (χ2v) is 6.41. The number of methoxy groups -OCH3 is 2. The third-order valence-corrected chi connectivity index (χ3v) is 4.34. The Kier molecular flexibility index (Phi) is 6.74. The van der Waals surface area contributed by atoms with Crippen LogP contribution in [-0.2, 0) is 4.79 Å². The van der Waals surface area contributed by atoms with E-state index in [0.717, 1.165) is 10.2 Å². The van der Waals surface area contributed by atoms with E-state index in [1.165, 1.54) is 24.3 Å². The van der Waals surface area contributed by atoms with Gasteiger partial charge in [-0.25, -0.2) is 10.1 Å². The first-order chi connectivity index (χ1) is 14.1. The van der Waals surface area contributed by atoms with Crippen molar-refractivity contribution in [1.29, 1.82) is 0 Å². The zero-order valence-electron chi connectivity index (χ0n) is 15.6. The molecule has 0 spiro atoms. The van der Waals surface area contributed by atoms with Crippen molar-refractivity contribution in [1.82, 2.24) is 25.6 Å². The van der Waals surface area contributed by atoms with Gasteiger partial charge in [0.15, 0.2) is 6.61 Å². The van der Waals surface area contributed by atoms with Crippen LogP contribution in [0.4, 0.5) is 0 Å². The smallest absolute Gasteiger partial charge is 0.277 e. The number of carbonyl (C=O) groups is 1. The number of nitrogens with one attached hydrogen (secondary N) is 1. The number of hydrogen-bond acceptors (Lipinski definition) is 8. The maximum absolute atomic E-state index is 11.9. The molecule has 11 heteroatoms. The van der Waals surface area contributed by atoms with Gasteiger partial charge in [-0.3, -0.25) is 4.79 Å². The maximum Gasteiger partial charge on any atom is 0.277 e. The minimum atomic E-state index is -0.405. The summed E-state index contributed by atoms with van der Waals surface area (Å²) in [4.78, 5) is 11.9. The van der Waals surface area contributed by atoms with Crippen LogP contribution in [0.2, 0.25) is 0 Å². The highest BCUT2D eigenvalue weighted by Crippen LogP contribution is 2.31. The summed E-state index contributed by atoms with van der Waals surface area (Å²) in [7, 11) is 3.10. The van der Waals surface area contributed by atoms with E-state index in [0.29, 0.717) is 22.8 Å². The molecule has 2 aromatic carbocycles. The third-order valence-electron chi connectivity index (χ3n) is 3.72. The van der Waals surface area contributed by atoms with Crippen molar-refractivity contribution >= 4 is 28.1 Å². The van der Waals surface area contributed by atoms with E-state index < -0.39 is 5.91 Å². The average Bonchev–Trinajstić information content (AvgIpc) is 3.28. The maximum atomic E-state index is 11.9. The van der Waals surface area contributed by atoms with Crippen molar-refractivity contribution in [2.24, 2.45) is 5.10 Å². The molecule has 3 aromatic rings. The Hall–Kier alpha value is -3.47. The quantitative estimate of drug-likeness (QED) is 0.403. The highest BCUT2D eigenvalue weighted by Gasteiger charge is 2.08.